The summed E-state index contributed by atoms with van der Waals surface area (Å²) in [5, 5.41) is 15.5. The van der Waals surface area contributed by atoms with Crippen LogP contribution in [-0.2, 0) is 11.2 Å². The molecule has 1 amide bonds. The Kier molecular flexibility index (Phi) is 5.31. The molecule has 0 spiro atoms. The maximum absolute atomic E-state index is 12.4. The second-order valence-electron chi connectivity index (χ2n) is 5.45. The van der Waals surface area contributed by atoms with E-state index in [4.69, 9.17) is 23.2 Å². The molecule has 0 saturated heterocycles. The zero-order valence-electron chi connectivity index (χ0n) is 13.4. The van der Waals surface area contributed by atoms with Crippen LogP contribution in [0.2, 0.25) is 10.0 Å². The van der Waals surface area contributed by atoms with Crippen LogP contribution in [0.1, 0.15) is 24.4 Å². The number of hydrogen-bond acceptors (Lipinski definition) is 4. The number of tetrazole rings is 1. The van der Waals surface area contributed by atoms with Crippen molar-refractivity contribution in [3.8, 4) is 5.69 Å². The van der Waals surface area contributed by atoms with Gasteiger partial charge in [0.25, 0.3) is 0 Å². The summed E-state index contributed by atoms with van der Waals surface area (Å²) >= 11 is 12.2. The van der Waals surface area contributed by atoms with E-state index in [9.17, 15) is 4.79 Å². The zero-order chi connectivity index (χ0) is 17.8. The van der Waals surface area contributed by atoms with Gasteiger partial charge in [-0.25, -0.2) is 0 Å². The van der Waals surface area contributed by atoms with Crippen molar-refractivity contribution in [2.45, 2.75) is 19.4 Å². The summed E-state index contributed by atoms with van der Waals surface area (Å²) in [6, 6.07) is 14.2. The smallest absolute Gasteiger partial charge is 0.225 e. The highest BCUT2D eigenvalue weighted by Gasteiger charge is 2.19. The Morgan fingerprint density at radius 3 is 2.48 bits per heavy atom. The van der Waals surface area contributed by atoms with Gasteiger partial charge in [-0.05, 0) is 47.2 Å². The molecule has 0 bridgehead atoms. The second kappa shape index (κ2) is 7.63. The molecule has 0 aliphatic heterocycles. The van der Waals surface area contributed by atoms with Crippen LogP contribution >= 0.6 is 23.2 Å². The van der Waals surface area contributed by atoms with Gasteiger partial charge in [0.1, 0.15) is 0 Å². The number of aromatic nitrogens is 4. The first-order chi connectivity index (χ1) is 12.1. The van der Waals surface area contributed by atoms with Gasteiger partial charge >= 0.3 is 0 Å². The molecule has 3 rings (SSSR count). The third kappa shape index (κ3) is 3.97. The molecule has 0 radical (unpaired) electrons. The average molecular weight is 376 g/mol. The van der Waals surface area contributed by atoms with Crippen molar-refractivity contribution in [2.75, 3.05) is 0 Å². The number of benzene rings is 2. The average Bonchev–Trinajstić information content (AvgIpc) is 3.09. The topological polar surface area (TPSA) is 72.7 Å². The Morgan fingerprint density at radius 1 is 1.12 bits per heavy atom. The van der Waals surface area contributed by atoms with Gasteiger partial charge in [0.15, 0.2) is 5.82 Å². The van der Waals surface area contributed by atoms with Gasteiger partial charge < -0.3 is 5.32 Å². The van der Waals surface area contributed by atoms with Crippen molar-refractivity contribution in [3.05, 3.63) is 70.0 Å². The Bertz CT molecular complexity index is 862. The van der Waals surface area contributed by atoms with Gasteiger partial charge in [0, 0.05) is 10.0 Å². The van der Waals surface area contributed by atoms with E-state index in [2.05, 4.69) is 20.8 Å². The van der Waals surface area contributed by atoms with Gasteiger partial charge in [-0.15, -0.1) is 5.10 Å². The predicted octanol–water partition coefficient (Wildman–Crippen LogP) is 3.39. The highest BCUT2D eigenvalue weighted by Crippen LogP contribution is 2.25. The van der Waals surface area contributed by atoms with Gasteiger partial charge in [0.05, 0.1) is 18.2 Å². The van der Waals surface area contributed by atoms with Gasteiger partial charge in [0.2, 0.25) is 5.91 Å². The minimum atomic E-state index is -0.385. The molecule has 6 nitrogen and oxygen atoms in total. The minimum Gasteiger partial charge on any atom is -0.346 e. The molecule has 1 heterocycles. The van der Waals surface area contributed by atoms with E-state index in [-0.39, 0.29) is 18.4 Å². The van der Waals surface area contributed by atoms with E-state index in [1.807, 2.05) is 37.3 Å². The molecule has 25 heavy (non-hydrogen) atoms. The van der Waals surface area contributed by atoms with Crippen LogP contribution in [0.4, 0.5) is 0 Å². The molecule has 0 unspecified atom stereocenters. The molecule has 1 aromatic heterocycles. The quantitative estimate of drug-likeness (QED) is 0.741. The molecule has 1 N–H and O–H groups in total. The summed E-state index contributed by atoms with van der Waals surface area (Å²) in [7, 11) is 0. The molecule has 0 saturated carbocycles. The summed E-state index contributed by atoms with van der Waals surface area (Å²) in [5.74, 6) is 0.315. The number of halogens is 2. The first-order valence-corrected chi connectivity index (χ1v) is 8.38. The van der Waals surface area contributed by atoms with Crippen molar-refractivity contribution in [1.82, 2.24) is 25.5 Å². The van der Waals surface area contributed by atoms with Gasteiger partial charge in [-0.3, -0.25) is 4.79 Å². The fourth-order valence-electron chi connectivity index (χ4n) is 2.44. The van der Waals surface area contributed by atoms with Crippen LogP contribution in [0, 0.1) is 0 Å². The van der Waals surface area contributed by atoms with E-state index in [1.165, 1.54) is 0 Å². The van der Waals surface area contributed by atoms with Crippen LogP contribution < -0.4 is 5.32 Å². The van der Waals surface area contributed by atoms with Gasteiger partial charge in [-0.1, -0.05) is 47.5 Å². The van der Waals surface area contributed by atoms with Crippen LogP contribution in [0.25, 0.3) is 5.69 Å². The van der Waals surface area contributed by atoms with Crippen LogP contribution in [0.15, 0.2) is 48.5 Å². The fraction of sp³-hybridized carbons (Fsp3) is 0.176. The van der Waals surface area contributed by atoms with Crippen LogP contribution in [-0.4, -0.2) is 26.1 Å². The lowest BCUT2D eigenvalue weighted by Crippen LogP contribution is -2.30. The lowest BCUT2D eigenvalue weighted by Gasteiger charge is -2.14. The molecule has 128 valence electrons. The van der Waals surface area contributed by atoms with Gasteiger partial charge in [-0.2, -0.15) is 4.68 Å². The summed E-state index contributed by atoms with van der Waals surface area (Å²) in [6.07, 6.45) is 0.0791. The Morgan fingerprint density at radius 2 is 1.80 bits per heavy atom. The van der Waals surface area contributed by atoms with E-state index in [1.54, 1.807) is 22.9 Å². The van der Waals surface area contributed by atoms with E-state index >= 15 is 0 Å². The third-order valence-corrected chi connectivity index (χ3v) is 4.37. The predicted molar refractivity (Wildman–Crippen MR) is 95.9 cm³/mol. The zero-order valence-corrected chi connectivity index (χ0v) is 14.9. The van der Waals surface area contributed by atoms with Crippen molar-refractivity contribution >= 4 is 29.1 Å². The lowest BCUT2D eigenvalue weighted by molar-refractivity contribution is -0.121. The monoisotopic (exact) mass is 375 g/mol. The summed E-state index contributed by atoms with van der Waals surface area (Å²) in [6.45, 7) is 1.82. The lowest BCUT2D eigenvalue weighted by atomic mass is 10.1. The highest BCUT2D eigenvalue weighted by atomic mass is 35.5. The number of para-hydroxylation sites is 1. The normalized spacial score (nSPS) is 12.0. The Labute approximate surface area is 154 Å². The number of rotatable bonds is 5. The molecule has 0 aliphatic rings. The van der Waals surface area contributed by atoms with Crippen molar-refractivity contribution in [2.24, 2.45) is 0 Å². The largest absolute Gasteiger partial charge is 0.346 e. The maximum atomic E-state index is 12.4. The van der Waals surface area contributed by atoms with E-state index in [0.29, 0.717) is 21.4 Å². The Hall–Kier alpha value is -2.44. The van der Waals surface area contributed by atoms with Crippen LogP contribution in [0.5, 0.6) is 0 Å². The fourth-order valence-corrected chi connectivity index (χ4v) is 2.97. The number of nitrogens with zero attached hydrogens (tertiary/aromatic N) is 4. The molecule has 0 fully saturated rings. The molecule has 0 aliphatic carbocycles. The summed E-state index contributed by atoms with van der Waals surface area (Å²) in [5.41, 5.74) is 1.41. The van der Waals surface area contributed by atoms with Crippen molar-refractivity contribution in [3.63, 3.8) is 0 Å². The summed E-state index contributed by atoms with van der Waals surface area (Å²) in [4.78, 5) is 12.4. The first kappa shape index (κ1) is 17.4. The third-order valence-electron chi connectivity index (χ3n) is 3.66. The van der Waals surface area contributed by atoms with E-state index in [0.717, 1.165) is 5.69 Å². The molecular formula is C17H15Cl2N5O. The number of amides is 1. The second-order valence-corrected chi connectivity index (χ2v) is 6.27. The molecule has 2 aromatic carbocycles. The maximum Gasteiger partial charge on any atom is 0.225 e. The first-order valence-electron chi connectivity index (χ1n) is 7.62. The Balaban J connectivity index is 1.74. The molecule has 3 aromatic rings. The minimum absolute atomic E-state index is 0.0791. The number of nitrogens with one attached hydrogen (secondary N) is 1. The van der Waals surface area contributed by atoms with Crippen molar-refractivity contribution < 1.29 is 4.79 Å². The molecule has 8 heteroatoms. The number of hydrogen-bond donors (Lipinski definition) is 1. The summed E-state index contributed by atoms with van der Waals surface area (Å²) < 4.78 is 1.59. The standard InChI is InChI=1S/C17H15Cl2N5O/c1-11(17-21-22-23-24(17)12-6-3-2-4-7-12)20-16(25)10-13-14(18)8-5-9-15(13)19/h2-9,11H,10H2,1H3,(H,20,25)/t11-/m0/s1. The van der Waals surface area contributed by atoms with E-state index < -0.39 is 0 Å². The molecular weight excluding hydrogens is 361 g/mol. The number of carbonyl (C=O) groups excluding carboxylic acids is 1. The number of carbonyl (C=O) groups is 1. The highest BCUT2D eigenvalue weighted by molar-refractivity contribution is 6.36. The van der Waals surface area contributed by atoms with Crippen molar-refractivity contribution in [1.29, 1.82) is 0 Å². The molecule has 1 atom stereocenters. The van der Waals surface area contributed by atoms with Crippen LogP contribution in [0.3, 0.4) is 0 Å². The SMILES string of the molecule is C[C@H](NC(=O)Cc1c(Cl)cccc1Cl)c1nnnn1-c1ccccc1.